The van der Waals surface area contributed by atoms with Gasteiger partial charge in [-0.3, -0.25) is 9.78 Å². The summed E-state index contributed by atoms with van der Waals surface area (Å²) >= 11 is 0. The summed E-state index contributed by atoms with van der Waals surface area (Å²) < 4.78 is 5.88. The van der Waals surface area contributed by atoms with Crippen LogP contribution in [-0.4, -0.2) is 35.0 Å². The van der Waals surface area contributed by atoms with Gasteiger partial charge in [-0.15, -0.1) is 0 Å². The molecule has 2 heterocycles. The average molecular weight is 307 g/mol. The Bertz CT molecular complexity index is 699. The zero-order valence-electron chi connectivity index (χ0n) is 12.7. The van der Waals surface area contributed by atoms with Gasteiger partial charge < -0.3 is 9.64 Å². The van der Waals surface area contributed by atoms with Crippen molar-refractivity contribution in [1.82, 2.24) is 9.88 Å². The minimum absolute atomic E-state index is 0.00863. The Hall–Kier alpha value is -2.87. The van der Waals surface area contributed by atoms with Crippen LogP contribution in [0, 0.1) is 11.3 Å². The minimum atomic E-state index is 0.00863. The maximum Gasteiger partial charge on any atom is 0.253 e. The highest BCUT2D eigenvalue weighted by Gasteiger charge is 2.24. The molecule has 1 aliphatic heterocycles. The van der Waals surface area contributed by atoms with Crippen LogP contribution in [0.1, 0.15) is 28.8 Å². The van der Waals surface area contributed by atoms with Crippen LogP contribution in [0.4, 0.5) is 0 Å². The third-order valence-corrected chi connectivity index (χ3v) is 3.93. The molecule has 3 rings (SSSR count). The molecule has 0 N–H and O–H groups in total. The second-order valence-corrected chi connectivity index (χ2v) is 5.49. The normalized spacial score (nSPS) is 15.0. The van der Waals surface area contributed by atoms with Gasteiger partial charge in [0.15, 0.2) is 0 Å². The van der Waals surface area contributed by atoms with Crippen molar-refractivity contribution in [3.05, 3.63) is 59.9 Å². The van der Waals surface area contributed by atoms with E-state index in [9.17, 15) is 4.79 Å². The van der Waals surface area contributed by atoms with E-state index in [1.165, 1.54) is 0 Å². The predicted octanol–water partition coefficient (Wildman–Crippen LogP) is 2.64. The first-order chi connectivity index (χ1) is 11.3. The summed E-state index contributed by atoms with van der Waals surface area (Å²) in [7, 11) is 0. The summed E-state index contributed by atoms with van der Waals surface area (Å²) in [6.45, 7) is 1.34. The number of amides is 1. The Morgan fingerprint density at radius 1 is 1.22 bits per heavy atom. The second-order valence-electron chi connectivity index (χ2n) is 5.49. The summed E-state index contributed by atoms with van der Waals surface area (Å²) in [6, 6.07) is 12.6. The van der Waals surface area contributed by atoms with Gasteiger partial charge in [-0.1, -0.05) is 0 Å². The average Bonchev–Trinajstić information content (AvgIpc) is 2.63. The first-order valence-corrected chi connectivity index (χ1v) is 7.62. The maximum atomic E-state index is 12.5. The molecule has 0 radical (unpaired) electrons. The van der Waals surface area contributed by atoms with Crippen LogP contribution in [0.5, 0.6) is 5.75 Å². The molecule has 116 valence electrons. The van der Waals surface area contributed by atoms with E-state index in [2.05, 4.69) is 11.1 Å². The van der Waals surface area contributed by atoms with E-state index >= 15 is 0 Å². The molecule has 1 saturated heterocycles. The lowest BCUT2D eigenvalue weighted by molar-refractivity contribution is 0.0595. The fourth-order valence-corrected chi connectivity index (χ4v) is 2.66. The molecule has 1 aromatic carbocycles. The zero-order valence-corrected chi connectivity index (χ0v) is 12.7. The van der Waals surface area contributed by atoms with Gasteiger partial charge in [0, 0.05) is 37.7 Å². The summed E-state index contributed by atoms with van der Waals surface area (Å²) in [4.78, 5) is 18.3. The molecule has 0 saturated carbocycles. The van der Waals surface area contributed by atoms with Crippen molar-refractivity contribution in [3.8, 4) is 11.8 Å². The Labute approximate surface area is 135 Å². The first-order valence-electron chi connectivity index (χ1n) is 7.62. The molecule has 1 fully saturated rings. The summed E-state index contributed by atoms with van der Waals surface area (Å²) in [5.74, 6) is 0.777. The lowest BCUT2D eigenvalue weighted by Crippen LogP contribution is -2.41. The number of nitriles is 1. The van der Waals surface area contributed by atoms with E-state index < -0.39 is 0 Å². The SMILES string of the molecule is N#Cc1ccc(C(=O)N2CCC(Oc3cccnc3)CC2)cc1. The molecule has 0 spiro atoms. The van der Waals surface area contributed by atoms with Gasteiger partial charge >= 0.3 is 0 Å². The van der Waals surface area contributed by atoms with Crippen LogP contribution in [0.3, 0.4) is 0 Å². The van der Waals surface area contributed by atoms with Crippen LogP contribution < -0.4 is 4.74 Å². The third kappa shape index (κ3) is 3.67. The number of hydrogen-bond acceptors (Lipinski definition) is 4. The molecular formula is C18H17N3O2. The van der Waals surface area contributed by atoms with E-state index in [0.717, 1.165) is 18.6 Å². The number of carbonyl (C=O) groups is 1. The molecule has 0 atom stereocenters. The molecule has 0 aliphatic carbocycles. The van der Waals surface area contributed by atoms with Crippen molar-refractivity contribution in [2.24, 2.45) is 0 Å². The summed E-state index contributed by atoms with van der Waals surface area (Å²) in [5, 5.41) is 8.80. The molecule has 1 aromatic heterocycles. The molecule has 5 heteroatoms. The van der Waals surface area contributed by atoms with Crippen molar-refractivity contribution in [1.29, 1.82) is 5.26 Å². The van der Waals surface area contributed by atoms with E-state index in [-0.39, 0.29) is 12.0 Å². The number of pyridine rings is 1. The highest BCUT2D eigenvalue weighted by molar-refractivity contribution is 5.94. The Kier molecular flexibility index (Phi) is 4.53. The van der Waals surface area contributed by atoms with Crippen LogP contribution in [-0.2, 0) is 0 Å². The van der Waals surface area contributed by atoms with Crippen LogP contribution in [0.25, 0.3) is 0 Å². The molecule has 2 aromatic rings. The van der Waals surface area contributed by atoms with Crippen LogP contribution in [0.15, 0.2) is 48.8 Å². The molecule has 1 amide bonds. The van der Waals surface area contributed by atoms with Gasteiger partial charge in [0.2, 0.25) is 0 Å². The molecular weight excluding hydrogens is 290 g/mol. The van der Waals surface area contributed by atoms with E-state index in [1.807, 2.05) is 17.0 Å². The molecule has 0 unspecified atom stereocenters. The minimum Gasteiger partial charge on any atom is -0.489 e. The quantitative estimate of drug-likeness (QED) is 0.874. The van der Waals surface area contributed by atoms with Gasteiger partial charge in [-0.25, -0.2) is 0 Å². The fourth-order valence-electron chi connectivity index (χ4n) is 2.66. The van der Waals surface area contributed by atoms with Gasteiger partial charge in [0.1, 0.15) is 11.9 Å². The van der Waals surface area contributed by atoms with Crippen molar-refractivity contribution in [2.75, 3.05) is 13.1 Å². The molecule has 0 bridgehead atoms. The van der Waals surface area contributed by atoms with Crippen molar-refractivity contribution in [3.63, 3.8) is 0 Å². The van der Waals surface area contributed by atoms with Crippen molar-refractivity contribution in [2.45, 2.75) is 18.9 Å². The molecule has 5 nitrogen and oxygen atoms in total. The van der Waals surface area contributed by atoms with E-state index in [1.54, 1.807) is 36.7 Å². The standard InChI is InChI=1S/C18H17N3O2/c19-12-14-3-5-15(6-4-14)18(22)21-10-7-16(8-11-21)23-17-2-1-9-20-13-17/h1-6,9,13,16H,7-8,10-11H2. The number of likely N-dealkylation sites (tertiary alicyclic amines) is 1. The lowest BCUT2D eigenvalue weighted by Gasteiger charge is -2.32. The monoisotopic (exact) mass is 307 g/mol. The smallest absolute Gasteiger partial charge is 0.253 e. The number of piperidine rings is 1. The Balaban J connectivity index is 1.56. The van der Waals surface area contributed by atoms with E-state index in [4.69, 9.17) is 10.00 Å². The molecule has 1 aliphatic rings. The van der Waals surface area contributed by atoms with Crippen LogP contribution in [0.2, 0.25) is 0 Å². The van der Waals surface area contributed by atoms with Gasteiger partial charge in [-0.2, -0.15) is 5.26 Å². The summed E-state index contributed by atoms with van der Waals surface area (Å²) in [5.41, 5.74) is 1.18. The van der Waals surface area contributed by atoms with Gasteiger partial charge in [0.25, 0.3) is 5.91 Å². The van der Waals surface area contributed by atoms with Crippen molar-refractivity contribution >= 4 is 5.91 Å². The van der Waals surface area contributed by atoms with E-state index in [0.29, 0.717) is 24.2 Å². The summed E-state index contributed by atoms with van der Waals surface area (Å²) in [6.07, 6.45) is 5.14. The fraction of sp³-hybridized carbons (Fsp3) is 0.278. The third-order valence-electron chi connectivity index (χ3n) is 3.93. The van der Waals surface area contributed by atoms with Crippen molar-refractivity contribution < 1.29 is 9.53 Å². The Morgan fingerprint density at radius 2 is 1.96 bits per heavy atom. The topological polar surface area (TPSA) is 66.2 Å². The molecule has 23 heavy (non-hydrogen) atoms. The number of ether oxygens (including phenoxy) is 1. The number of rotatable bonds is 3. The van der Waals surface area contributed by atoms with Gasteiger partial charge in [0.05, 0.1) is 17.8 Å². The number of hydrogen-bond donors (Lipinski definition) is 0. The largest absolute Gasteiger partial charge is 0.489 e. The number of nitrogens with zero attached hydrogens (tertiary/aromatic N) is 3. The van der Waals surface area contributed by atoms with Gasteiger partial charge in [-0.05, 0) is 36.4 Å². The first kappa shape index (κ1) is 15.0. The number of carbonyl (C=O) groups excluding carboxylic acids is 1. The second kappa shape index (κ2) is 6.93. The lowest BCUT2D eigenvalue weighted by atomic mass is 10.1. The number of benzene rings is 1. The van der Waals surface area contributed by atoms with Crippen LogP contribution >= 0.6 is 0 Å². The maximum absolute atomic E-state index is 12.5. The number of aromatic nitrogens is 1. The predicted molar refractivity (Wildman–Crippen MR) is 84.9 cm³/mol. The highest BCUT2D eigenvalue weighted by atomic mass is 16.5. The Morgan fingerprint density at radius 3 is 2.57 bits per heavy atom. The highest BCUT2D eigenvalue weighted by Crippen LogP contribution is 2.19. The zero-order chi connectivity index (χ0) is 16.1.